The molecule has 1 heterocycles. The highest BCUT2D eigenvalue weighted by molar-refractivity contribution is 6.00. The third kappa shape index (κ3) is 2.98. The zero-order chi connectivity index (χ0) is 15.5. The van der Waals surface area contributed by atoms with Gasteiger partial charge in [0.05, 0.1) is 0 Å². The molecule has 0 spiro atoms. The van der Waals surface area contributed by atoms with Crippen molar-refractivity contribution in [3.63, 3.8) is 0 Å². The van der Waals surface area contributed by atoms with Crippen LogP contribution in [-0.2, 0) is 0 Å². The van der Waals surface area contributed by atoms with Crippen molar-refractivity contribution in [1.29, 1.82) is 0 Å². The lowest BCUT2D eigenvalue weighted by Gasteiger charge is -2.01. The van der Waals surface area contributed by atoms with E-state index < -0.39 is 17.5 Å². The molecule has 3 aromatic rings. The Morgan fingerprint density at radius 2 is 1.77 bits per heavy atom. The Labute approximate surface area is 123 Å². The van der Waals surface area contributed by atoms with Gasteiger partial charge < -0.3 is 9.73 Å². The van der Waals surface area contributed by atoms with Gasteiger partial charge in [-0.3, -0.25) is 4.79 Å². The van der Waals surface area contributed by atoms with Crippen LogP contribution in [0.2, 0.25) is 0 Å². The summed E-state index contributed by atoms with van der Waals surface area (Å²) in [7, 11) is 0. The van der Waals surface area contributed by atoms with Gasteiger partial charge in [-0.15, -0.1) is 10.2 Å². The summed E-state index contributed by atoms with van der Waals surface area (Å²) in [4.78, 5) is 11.9. The van der Waals surface area contributed by atoms with Crippen molar-refractivity contribution in [1.82, 2.24) is 10.2 Å². The first kappa shape index (κ1) is 13.9. The minimum absolute atomic E-state index is 0.0313. The first-order valence-corrected chi connectivity index (χ1v) is 6.28. The van der Waals surface area contributed by atoms with Crippen LogP contribution < -0.4 is 5.32 Å². The summed E-state index contributed by atoms with van der Waals surface area (Å²) in [5.41, 5.74) is 0.755. The van der Waals surface area contributed by atoms with E-state index in [2.05, 4.69) is 15.5 Å². The number of rotatable bonds is 3. The van der Waals surface area contributed by atoms with E-state index in [0.29, 0.717) is 11.3 Å². The highest BCUT2D eigenvalue weighted by Crippen LogP contribution is 2.19. The fourth-order valence-electron chi connectivity index (χ4n) is 1.77. The molecule has 1 amide bonds. The molecule has 0 aliphatic heterocycles. The zero-order valence-electron chi connectivity index (χ0n) is 11.1. The number of aromatic nitrogens is 2. The molecule has 7 heteroatoms. The van der Waals surface area contributed by atoms with Gasteiger partial charge in [0.1, 0.15) is 11.6 Å². The van der Waals surface area contributed by atoms with Crippen LogP contribution in [0.3, 0.4) is 0 Å². The molecule has 22 heavy (non-hydrogen) atoms. The minimum atomic E-state index is -0.637. The predicted molar refractivity (Wildman–Crippen MR) is 74.0 cm³/mol. The van der Waals surface area contributed by atoms with Crippen LogP contribution in [0, 0.1) is 11.6 Å². The van der Waals surface area contributed by atoms with Gasteiger partial charge in [0, 0.05) is 11.3 Å². The largest absolute Gasteiger partial charge is 0.412 e. The molecule has 0 fully saturated rings. The Kier molecular flexibility index (Phi) is 3.61. The zero-order valence-corrected chi connectivity index (χ0v) is 11.1. The van der Waals surface area contributed by atoms with Crippen molar-refractivity contribution < 1.29 is 18.0 Å². The van der Waals surface area contributed by atoms with Gasteiger partial charge in [-0.2, -0.15) is 0 Å². The third-order valence-electron chi connectivity index (χ3n) is 2.79. The number of hydrogen-bond acceptors (Lipinski definition) is 4. The van der Waals surface area contributed by atoms with Crippen molar-refractivity contribution in [2.45, 2.75) is 0 Å². The molecule has 3 rings (SSSR count). The monoisotopic (exact) mass is 301 g/mol. The van der Waals surface area contributed by atoms with Crippen LogP contribution in [-0.4, -0.2) is 16.1 Å². The number of amides is 1. The molecule has 0 unspecified atom stereocenters. The molecule has 0 bridgehead atoms. The lowest BCUT2D eigenvalue weighted by Crippen LogP contribution is -2.12. The molecular formula is C15H9F2N3O2. The van der Waals surface area contributed by atoms with Gasteiger partial charge in [-0.1, -0.05) is 6.07 Å². The van der Waals surface area contributed by atoms with Crippen LogP contribution >= 0.6 is 0 Å². The number of hydrogen-bond donors (Lipinski definition) is 1. The average molecular weight is 301 g/mol. The number of nitrogens with one attached hydrogen (secondary N) is 1. The maximum absolute atomic E-state index is 13.1. The fourth-order valence-corrected chi connectivity index (χ4v) is 1.77. The van der Waals surface area contributed by atoms with Crippen LogP contribution in [0.15, 0.2) is 52.9 Å². The normalized spacial score (nSPS) is 10.5. The van der Waals surface area contributed by atoms with Crippen molar-refractivity contribution >= 4 is 11.6 Å². The van der Waals surface area contributed by atoms with Gasteiger partial charge in [-0.25, -0.2) is 8.78 Å². The Bertz CT molecular complexity index is 816. The molecule has 1 aromatic heterocycles. The van der Waals surface area contributed by atoms with Gasteiger partial charge in [0.15, 0.2) is 0 Å². The van der Waals surface area contributed by atoms with Crippen LogP contribution in [0.25, 0.3) is 11.5 Å². The first-order chi connectivity index (χ1) is 10.6. The molecule has 1 N–H and O–H groups in total. The van der Waals surface area contributed by atoms with Gasteiger partial charge in [0.25, 0.3) is 0 Å². The van der Waals surface area contributed by atoms with E-state index >= 15 is 0 Å². The summed E-state index contributed by atoms with van der Waals surface area (Å²) in [6, 6.07) is 10.8. The molecule has 110 valence electrons. The van der Waals surface area contributed by atoms with E-state index in [4.69, 9.17) is 4.42 Å². The molecule has 0 saturated heterocycles. The number of carbonyl (C=O) groups is 1. The summed E-state index contributed by atoms with van der Waals surface area (Å²) in [5.74, 6) is -1.74. The summed E-state index contributed by atoms with van der Waals surface area (Å²) >= 11 is 0. The standard InChI is InChI=1S/C15H9F2N3O2/c16-10-4-6-12(7-5-10)18-13(21)15-20-19-14(22-15)9-2-1-3-11(17)8-9/h1-8H,(H,18,21). The number of halogens is 2. The smallest absolute Gasteiger partial charge is 0.313 e. The molecule has 0 aliphatic rings. The summed E-state index contributed by atoms with van der Waals surface area (Å²) in [6.45, 7) is 0. The molecule has 0 saturated carbocycles. The van der Waals surface area contributed by atoms with Crippen LogP contribution in [0.1, 0.15) is 10.7 Å². The summed E-state index contributed by atoms with van der Waals surface area (Å²) in [6.07, 6.45) is 0. The van der Waals surface area contributed by atoms with E-state index in [0.717, 1.165) is 0 Å². The van der Waals surface area contributed by atoms with Gasteiger partial charge in [-0.05, 0) is 42.5 Å². The highest BCUT2D eigenvalue weighted by atomic mass is 19.1. The summed E-state index contributed by atoms with van der Waals surface area (Å²) in [5, 5.41) is 9.80. The second-order valence-corrected chi connectivity index (χ2v) is 4.38. The average Bonchev–Trinajstić information content (AvgIpc) is 3.00. The lowest BCUT2D eigenvalue weighted by molar-refractivity contribution is 0.0991. The number of anilines is 1. The van der Waals surface area contributed by atoms with E-state index in [-0.39, 0.29) is 11.8 Å². The minimum Gasteiger partial charge on any atom is -0.412 e. The third-order valence-corrected chi connectivity index (χ3v) is 2.79. The van der Waals surface area contributed by atoms with E-state index in [1.54, 1.807) is 6.07 Å². The number of nitrogens with zero attached hydrogens (tertiary/aromatic N) is 2. The molecule has 0 aliphatic carbocycles. The second kappa shape index (κ2) is 5.72. The topological polar surface area (TPSA) is 68.0 Å². The summed E-state index contributed by atoms with van der Waals surface area (Å²) < 4.78 is 31.1. The Morgan fingerprint density at radius 3 is 2.50 bits per heavy atom. The predicted octanol–water partition coefficient (Wildman–Crippen LogP) is 3.27. The number of benzene rings is 2. The maximum atomic E-state index is 13.1. The van der Waals surface area contributed by atoms with Crippen molar-refractivity contribution in [2.24, 2.45) is 0 Å². The quantitative estimate of drug-likeness (QED) is 0.806. The molecular weight excluding hydrogens is 292 g/mol. The van der Waals surface area contributed by atoms with E-state index in [1.807, 2.05) is 0 Å². The Morgan fingerprint density at radius 1 is 1.00 bits per heavy atom. The molecule has 0 radical (unpaired) electrons. The fraction of sp³-hybridized carbons (Fsp3) is 0. The lowest BCUT2D eigenvalue weighted by atomic mass is 10.2. The van der Waals surface area contributed by atoms with Gasteiger partial charge in [0.2, 0.25) is 5.89 Å². The van der Waals surface area contributed by atoms with Crippen LogP contribution in [0.5, 0.6) is 0 Å². The Hall–Kier alpha value is -3.09. The maximum Gasteiger partial charge on any atom is 0.313 e. The first-order valence-electron chi connectivity index (χ1n) is 6.28. The molecule has 0 atom stereocenters. The Balaban J connectivity index is 1.78. The number of carbonyl (C=O) groups excluding carboxylic acids is 1. The molecule has 2 aromatic carbocycles. The highest BCUT2D eigenvalue weighted by Gasteiger charge is 2.16. The van der Waals surface area contributed by atoms with Crippen molar-refractivity contribution in [3.8, 4) is 11.5 Å². The SMILES string of the molecule is O=C(Nc1ccc(F)cc1)c1nnc(-c2cccc(F)c2)o1. The van der Waals surface area contributed by atoms with Crippen molar-refractivity contribution in [2.75, 3.05) is 5.32 Å². The second-order valence-electron chi connectivity index (χ2n) is 4.38. The van der Waals surface area contributed by atoms with Crippen molar-refractivity contribution in [3.05, 3.63) is 66.1 Å². The van der Waals surface area contributed by atoms with E-state index in [1.165, 1.54) is 42.5 Å². The van der Waals surface area contributed by atoms with E-state index in [9.17, 15) is 13.6 Å². The van der Waals surface area contributed by atoms with Gasteiger partial charge >= 0.3 is 11.8 Å². The van der Waals surface area contributed by atoms with Crippen LogP contribution in [0.4, 0.5) is 14.5 Å². The molecule has 5 nitrogen and oxygen atoms in total.